The molecule has 0 aliphatic rings. The predicted octanol–water partition coefficient (Wildman–Crippen LogP) is 0.597. The molecular weight excluding hydrogens is 196 g/mol. The first-order valence-corrected chi connectivity index (χ1v) is 4.33. The number of nitrogens with zero attached hydrogens (tertiary/aromatic N) is 3. The lowest BCUT2D eigenvalue weighted by atomic mass is 10.1. The van der Waals surface area contributed by atoms with Gasteiger partial charge in [0.1, 0.15) is 5.56 Å². The molecule has 2 heterocycles. The van der Waals surface area contributed by atoms with Crippen molar-refractivity contribution < 1.29 is 9.53 Å². The molecule has 78 valence electrons. The Morgan fingerprint density at radius 1 is 1.53 bits per heavy atom. The van der Waals surface area contributed by atoms with Crippen LogP contribution in [0.1, 0.15) is 10.4 Å². The molecule has 0 amide bonds. The van der Waals surface area contributed by atoms with Gasteiger partial charge in [0.15, 0.2) is 0 Å². The van der Waals surface area contributed by atoms with E-state index in [-0.39, 0.29) is 0 Å². The third-order valence-corrected chi connectivity index (χ3v) is 2.04. The number of esters is 1. The Hall–Kier alpha value is -2.11. The number of rotatable bonds is 2. The van der Waals surface area contributed by atoms with Crippen LogP contribution in [0.3, 0.4) is 0 Å². The van der Waals surface area contributed by atoms with E-state index in [1.54, 1.807) is 24.1 Å². The average molecular weight is 206 g/mol. The molecule has 0 spiro atoms. The van der Waals surface area contributed by atoms with Crippen molar-refractivity contribution in [3.8, 4) is 11.3 Å². The van der Waals surface area contributed by atoms with Crippen molar-refractivity contribution in [3.05, 3.63) is 24.2 Å². The van der Waals surface area contributed by atoms with Gasteiger partial charge in [0.05, 0.1) is 25.2 Å². The fourth-order valence-electron chi connectivity index (χ4n) is 1.32. The molecule has 0 aliphatic heterocycles. The highest BCUT2D eigenvalue weighted by atomic mass is 16.5. The Bertz CT molecular complexity index is 486. The molecule has 0 saturated heterocycles. The second-order valence-electron chi connectivity index (χ2n) is 3.05. The fraction of sp³-hybridized carbons (Fsp3) is 0.222. The molecule has 6 nitrogen and oxygen atoms in total. The quantitative estimate of drug-likeness (QED) is 0.730. The summed E-state index contributed by atoms with van der Waals surface area (Å²) in [5, 5.41) is 10.6. The maximum Gasteiger partial charge on any atom is 0.341 e. The van der Waals surface area contributed by atoms with Gasteiger partial charge in [-0.3, -0.25) is 9.78 Å². The minimum absolute atomic E-state index is 0.408. The summed E-state index contributed by atoms with van der Waals surface area (Å²) in [6.45, 7) is 0. The Balaban J connectivity index is 2.45. The minimum Gasteiger partial charge on any atom is -0.465 e. The number of H-pyrrole nitrogens is 1. The first-order valence-electron chi connectivity index (χ1n) is 4.33. The zero-order valence-electron chi connectivity index (χ0n) is 8.39. The number of carbonyl (C=O) groups excluding carboxylic acids is 1. The molecule has 0 atom stereocenters. The Labute approximate surface area is 85.9 Å². The van der Waals surface area contributed by atoms with Crippen LogP contribution in [0, 0.1) is 0 Å². The number of hydrogen-bond acceptors (Lipinski definition) is 4. The summed E-state index contributed by atoms with van der Waals surface area (Å²) in [5.41, 5.74) is 1.83. The van der Waals surface area contributed by atoms with Crippen LogP contribution in [0.4, 0.5) is 0 Å². The number of methoxy groups -OCH3 is 1. The molecule has 0 bridgehead atoms. The third-order valence-electron chi connectivity index (χ3n) is 2.04. The number of aryl methyl sites for hydroxylation is 1. The lowest BCUT2D eigenvalue weighted by molar-refractivity contribution is 0.0601. The molecular formula is C9H10N4O2. The van der Waals surface area contributed by atoms with E-state index in [4.69, 9.17) is 0 Å². The van der Waals surface area contributed by atoms with E-state index in [1.165, 1.54) is 13.3 Å². The number of ether oxygens (including phenoxy) is 1. The summed E-state index contributed by atoms with van der Waals surface area (Å²) < 4.78 is 6.29. The topological polar surface area (TPSA) is 72.8 Å². The SMILES string of the molecule is COC(=O)c1cn[nH]c1-c1cnn(C)c1. The summed E-state index contributed by atoms with van der Waals surface area (Å²) >= 11 is 0. The largest absolute Gasteiger partial charge is 0.465 e. The molecule has 6 heteroatoms. The molecule has 2 aromatic rings. The van der Waals surface area contributed by atoms with Crippen LogP contribution in [0.25, 0.3) is 11.3 Å². The van der Waals surface area contributed by atoms with Gasteiger partial charge < -0.3 is 4.74 Å². The van der Waals surface area contributed by atoms with Crippen molar-refractivity contribution in [1.82, 2.24) is 20.0 Å². The van der Waals surface area contributed by atoms with Crippen molar-refractivity contribution in [2.45, 2.75) is 0 Å². The lowest BCUT2D eigenvalue weighted by Crippen LogP contribution is -2.01. The maximum absolute atomic E-state index is 11.4. The second-order valence-corrected chi connectivity index (χ2v) is 3.05. The standard InChI is InChI=1S/C9H10N4O2/c1-13-5-6(3-11-13)8-7(4-10-12-8)9(14)15-2/h3-5H,1-2H3,(H,10,12). The molecule has 2 rings (SSSR count). The van der Waals surface area contributed by atoms with Gasteiger partial charge in [-0.1, -0.05) is 0 Å². The molecule has 0 aromatic carbocycles. The monoisotopic (exact) mass is 206 g/mol. The fourth-order valence-corrected chi connectivity index (χ4v) is 1.32. The molecule has 0 aliphatic carbocycles. The predicted molar refractivity (Wildman–Crippen MR) is 52.1 cm³/mol. The van der Waals surface area contributed by atoms with Gasteiger partial charge in [-0.15, -0.1) is 0 Å². The second kappa shape index (κ2) is 3.56. The van der Waals surface area contributed by atoms with Crippen LogP contribution in [0.5, 0.6) is 0 Å². The summed E-state index contributed by atoms with van der Waals surface area (Å²) in [4.78, 5) is 11.4. The highest BCUT2D eigenvalue weighted by Crippen LogP contribution is 2.20. The molecule has 0 radical (unpaired) electrons. The van der Waals surface area contributed by atoms with Crippen molar-refractivity contribution in [2.24, 2.45) is 7.05 Å². The highest BCUT2D eigenvalue weighted by Gasteiger charge is 2.16. The van der Waals surface area contributed by atoms with Crippen LogP contribution >= 0.6 is 0 Å². The van der Waals surface area contributed by atoms with Crippen LogP contribution < -0.4 is 0 Å². The van der Waals surface area contributed by atoms with Gasteiger partial charge in [0.2, 0.25) is 0 Å². The van der Waals surface area contributed by atoms with Gasteiger partial charge >= 0.3 is 5.97 Å². The summed E-state index contributed by atoms with van der Waals surface area (Å²) in [7, 11) is 3.14. The molecule has 0 fully saturated rings. The van der Waals surface area contributed by atoms with Crippen molar-refractivity contribution >= 4 is 5.97 Å². The van der Waals surface area contributed by atoms with Gasteiger partial charge in [-0.25, -0.2) is 4.79 Å². The van der Waals surface area contributed by atoms with E-state index in [1.807, 2.05) is 0 Å². The van der Waals surface area contributed by atoms with Crippen molar-refractivity contribution in [3.63, 3.8) is 0 Å². The Morgan fingerprint density at radius 3 is 2.93 bits per heavy atom. The van der Waals surface area contributed by atoms with Crippen LogP contribution in [0.2, 0.25) is 0 Å². The number of aromatic amines is 1. The molecule has 0 unspecified atom stereocenters. The highest BCUT2D eigenvalue weighted by molar-refractivity contribution is 5.95. The zero-order chi connectivity index (χ0) is 10.8. The van der Waals surface area contributed by atoms with E-state index in [0.717, 1.165) is 5.56 Å². The number of nitrogens with one attached hydrogen (secondary N) is 1. The minimum atomic E-state index is -0.414. The van der Waals surface area contributed by atoms with E-state index in [9.17, 15) is 4.79 Å². The normalized spacial score (nSPS) is 10.3. The smallest absolute Gasteiger partial charge is 0.341 e. The first-order chi connectivity index (χ1) is 7.22. The molecule has 1 N–H and O–H groups in total. The van der Waals surface area contributed by atoms with Crippen LogP contribution in [0.15, 0.2) is 18.6 Å². The van der Waals surface area contributed by atoms with Gasteiger partial charge in [-0.2, -0.15) is 10.2 Å². The lowest BCUT2D eigenvalue weighted by Gasteiger charge is -1.97. The third kappa shape index (κ3) is 1.61. The number of carbonyl (C=O) groups is 1. The zero-order valence-corrected chi connectivity index (χ0v) is 8.39. The summed E-state index contributed by atoms with van der Waals surface area (Å²) in [5.74, 6) is -0.414. The average Bonchev–Trinajstić information content (AvgIpc) is 2.84. The summed E-state index contributed by atoms with van der Waals surface area (Å²) in [6, 6.07) is 0. The van der Waals surface area contributed by atoms with Gasteiger partial charge in [0, 0.05) is 18.8 Å². The van der Waals surface area contributed by atoms with Crippen LogP contribution in [-0.4, -0.2) is 33.1 Å². The number of hydrogen-bond donors (Lipinski definition) is 1. The number of aromatic nitrogens is 4. The molecule has 15 heavy (non-hydrogen) atoms. The molecule has 2 aromatic heterocycles. The van der Waals surface area contributed by atoms with Crippen LogP contribution in [-0.2, 0) is 11.8 Å². The molecule has 0 saturated carbocycles. The van der Waals surface area contributed by atoms with Gasteiger partial charge in [0.25, 0.3) is 0 Å². The Kier molecular flexibility index (Phi) is 2.24. The van der Waals surface area contributed by atoms with Crippen molar-refractivity contribution in [2.75, 3.05) is 7.11 Å². The van der Waals surface area contributed by atoms with Gasteiger partial charge in [-0.05, 0) is 0 Å². The van der Waals surface area contributed by atoms with E-state index >= 15 is 0 Å². The van der Waals surface area contributed by atoms with E-state index in [2.05, 4.69) is 20.0 Å². The van der Waals surface area contributed by atoms with E-state index in [0.29, 0.717) is 11.3 Å². The Morgan fingerprint density at radius 2 is 2.33 bits per heavy atom. The van der Waals surface area contributed by atoms with Crippen molar-refractivity contribution in [1.29, 1.82) is 0 Å². The van der Waals surface area contributed by atoms with E-state index < -0.39 is 5.97 Å². The maximum atomic E-state index is 11.4. The summed E-state index contributed by atoms with van der Waals surface area (Å²) in [6.07, 6.45) is 4.88. The first kappa shape index (κ1) is 9.45.